The molecule has 1 aromatic heterocycles. The molecule has 0 saturated carbocycles. The predicted octanol–water partition coefficient (Wildman–Crippen LogP) is 4.02. The number of para-hydroxylation sites is 1. The first-order valence-electron chi connectivity index (χ1n) is 5.74. The van der Waals surface area contributed by atoms with Gasteiger partial charge in [-0.3, -0.25) is 0 Å². The van der Waals surface area contributed by atoms with E-state index in [4.69, 9.17) is 0 Å². The van der Waals surface area contributed by atoms with Gasteiger partial charge in [-0.1, -0.05) is 48.5 Å². The molecule has 0 atom stereocenters. The summed E-state index contributed by atoms with van der Waals surface area (Å²) in [7, 11) is 0. The van der Waals surface area contributed by atoms with Crippen LogP contribution in [0.2, 0.25) is 0 Å². The fourth-order valence-corrected chi connectivity index (χ4v) is 2.49. The maximum atomic E-state index is 4.64. The SMILES string of the molecule is CSc1nc(-c2ccccc2)nc2ccccc12. The molecule has 0 bridgehead atoms. The van der Waals surface area contributed by atoms with Crippen LogP contribution in [0, 0.1) is 0 Å². The van der Waals surface area contributed by atoms with Gasteiger partial charge in [-0.05, 0) is 12.3 Å². The van der Waals surface area contributed by atoms with Gasteiger partial charge in [0.2, 0.25) is 0 Å². The second-order valence-electron chi connectivity index (χ2n) is 3.94. The molecule has 0 radical (unpaired) electrons. The molecule has 0 aliphatic rings. The molecule has 3 aromatic rings. The quantitative estimate of drug-likeness (QED) is 0.509. The highest BCUT2D eigenvalue weighted by molar-refractivity contribution is 7.98. The Morgan fingerprint density at radius 2 is 1.56 bits per heavy atom. The van der Waals surface area contributed by atoms with Crippen molar-refractivity contribution in [3.05, 3.63) is 54.6 Å². The average molecular weight is 252 g/mol. The molecule has 2 nitrogen and oxygen atoms in total. The minimum atomic E-state index is 0.790. The van der Waals surface area contributed by atoms with Crippen LogP contribution >= 0.6 is 11.8 Å². The molecule has 0 N–H and O–H groups in total. The summed E-state index contributed by atoms with van der Waals surface area (Å²) in [5.41, 5.74) is 2.05. The van der Waals surface area contributed by atoms with Crippen LogP contribution in [-0.4, -0.2) is 16.2 Å². The van der Waals surface area contributed by atoms with Gasteiger partial charge in [0.25, 0.3) is 0 Å². The lowest BCUT2D eigenvalue weighted by atomic mass is 10.2. The highest BCUT2D eigenvalue weighted by atomic mass is 32.2. The van der Waals surface area contributed by atoms with E-state index in [-0.39, 0.29) is 0 Å². The minimum absolute atomic E-state index is 0.790. The van der Waals surface area contributed by atoms with Gasteiger partial charge < -0.3 is 0 Å². The van der Waals surface area contributed by atoms with Crippen LogP contribution in [0.15, 0.2) is 59.6 Å². The fourth-order valence-electron chi connectivity index (χ4n) is 1.92. The fraction of sp³-hybridized carbons (Fsp3) is 0.0667. The minimum Gasteiger partial charge on any atom is -0.228 e. The summed E-state index contributed by atoms with van der Waals surface area (Å²) in [5, 5.41) is 2.14. The Morgan fingerprint density at radius 1 is 0.833 bits per heavy atom. The van der Waals surface area contributed by atoms with Crippen molar-refractivity contribution in [2.24, 2.45) is 0 Å². The van der Waals surface area contributed by atoms with Gasteiger partial charge in [0.05, 0.1) is 5.52 Å². The number of rotatable bonds is 2. The van der Waals surface area contributed by atoms with Crippen LogP contribution in [-0.2, 0) is 0 Å². The monoisotopic (exact) mass is 252 g/mol. The van der Waals surface area contributed by atoms with Crippen LogP contribution < -0.4 is 0 Å². The molecule has 0 saturated heterocycles. The smallest absolute Gasteiger partial charge is 0.161 e. The van der Waals surface area contributed by atoms with Crippen molar-refractivity contribution in [1.29, 1.82) is 0 Å². The molecule has 3 rings (SSSR count). The maximum Gasteiger partial charge on any atom is 0.161 e. The lowest BCUT2D eigenvalue weighted by Crippen LogP contribution is -1.93. The number of aromatic nitrogens is 2. The normalized spacial score (nSPS) is 10.7. The van der Waals surface area contributed by atoms with E-state index in [0.29, 0.717) is 0 Å². The summed E-state index contributed by atoms with van der Waals surface area (Å²) in [6, 6.07) is 18.2. The Morgan fingerprint density at radius 3 is 2.33 bits per heavy atom. The van der Waals surface area contributed by atoms with E-state index in [1.165, 1.54) is 0 Å². The third-order valence-electron chi connectivity index (χ3n) is 2.79. The highest BCUT2D eigenvalue weighted by Gasteiger charge is 2.07. The van der Waals surface area contributed by atoms with Gasteiger partial charge in [0.1, 0.15) is 5.03 Å². The van der Waals surface area contributed by atoms with Gasteiger partial charge in [-0.2, -0.15) is 0 Å². The Bertz CT molecular complexity index is 680. The van der Waals surface area contributed by atoms with Crippen molar-refractivity contribution >= 4 is 22.7 Å². The highest BCUT2D eigenvalue weighted by Crippen LogP contribution is 2.26. The zero-order chi connectivity index (χ0) is 12.4. The van der Waals surface area contributed by atoms with Crippen LogP contribution in [0.4, 0.5) is 0 Å². The summed E-state index contributed by atoms with van der Waals surface area (Å²) in [5.74, 6) is 0.790. The molecule has 2 aromatic carbocycles. The maximum absolute atomic E-state index is 4.64. The second kappa shape index (κ2) is 4.78. The van der Waals surface area contributed by atoms with Gasteiger partial charge >= 0.3 is 0 Å². The third-order valence-corrected chi connectivity index (χ3v) is 3.49. The third kappa shape index (κ3) is 1.97. The molecule has 88 valence electrons. The number of hydrogen-bond acceptors (Lipinski definition) is 3. The van der Waals surface area contributed by atoms with Crippen molar-refractivity contribution < 1.29 is 0 Å². The van der Waals surface area contributed by atoms with E-state index in [2.05, 4.69) is 16.0 Å². The summed E-state index contributed by atoms with van der Waals surface area (Å²) in [6.45, 7) is 0. The molecule has 18 heavy (non-hydrogen) atoms. The van der Waals surface area contributed by atoms with Crippen molar-refractivity contribution in [1.82, 2.24) is 9.97 Å². The first-order valence-corrected chi connectivity index (χ1v) is 6.97. The van der Waals surface area contributed by atoms with Gasteiger partial charge in [0, 0.05) is 10.9 Å². The topological polar surface area (TPSA) is 25.8 Å². The lowest BCUT2D eigenvalue weighted by molar-refractivity contribution is 1.11. The molecule has 0 fully saturated rings. The van der Waals surface area contributed by atoms with Gasteiger partial charge in [-0.15, -0.1) is 11.8 Å². The van der Waals surface area contributed by atoms with Gasteiger partial charge in [0.15, 0.2) is 5.82 Å². The van der Waals surface area contributed by atoms with Crippen molar-refractivity contribution in [2.75, 3.05) is 6.26 Å². The number of nitrogens with zero attached hydrogens (tertiary/aromatic N) is 2. The van der Waals surface area contributed by atoms with E-state index in [1.54, 1.807) is 11.8 Å². The molecular weight excluding hydrogens is 240 g/mol. The molecule has 0 aliphatic carbocycles. The Hall–Kier alpha value is -1.87. The van der Waals surface area contributed by atoms with E-state index in [1.807, 2.05) is 54.8 Å². The van der Waals surface area contributed by atoms with E-state index in [9.17, 15) is 0 Å². The number of fused-ring (bicyclic) bond motifs is 1. The van der Waals surface area contributed by atoms with Crippen molar-refractivity contribution in [2.45, 2.75) is 5.03 Å². The van der Waals surface area contributed by atoms with E-state index in [0.717, 1.165) is 27.3 Å². The first-order chi connectivity index (χ1) is 8.88. The van der Waals surface area contributed by atoms with E-state index < -0.39 is 0 Å². The first kappa shape index (κ1) is 11.2. The molecule has 3 heteroatoms. The van der Waals surface area contributed by atoms with Crippen LogP contribution in [0.1, 0.15) is 0 Å². The zero-order valence-corrected chi connectivity index (χ0v) is 10.8. The summed E-state index contributed by atoms with van der Waals surface area (Å²) >= 11 is 1.66. The molecule has 0 spiro atoms. The summed E-state index contributed by atoms with van der Waals surface area (Å²) in [6.07, 6.45) is 2.05. The predicted molar refractivity (Wildman–Crippen MR) is 76.8 cm³/mol. The Balaban J connectivity index is 2.26. The van der Waals surface area contributed by atoms with Gasteiger partial charge in [-0.25, -0.2) is 9.97 Å². The molecule has 0 aliphatic heterocycles. The van der Waals surface area contributed by atoms with Crippen molar-refractivity contribution in [3.63, 3.8) is 0 Å². The molecule has 0 unspecified atom stereocenters. The Labute approximate surface area is 110 Å². The number of hydrogen-bond donors (Lipinski definition) is 0. The van der Waals surface area contributed by atoms with E-state index >= 15 is 0 Å². The van der Waals surface area contributed by atoms with Crippen LogP contribution in [0.3, 0.4) is 0 Å². The summed E-state index contributed by atoms with van der Waals surface area (Å²) in [4.78, 5) is 9.27. The lowest BCUT2D eigenvalue weighted by Gasteiger charge is -2.06. The van der Waals surface area contributed by atoms with Crippen molar-refractivity contribution in [3.8, 4) is 11.4 Å². The molecule has 0 amide bonds. The standard InChI is InChI=1S/C15H12N2S/c1-18-15-12-9-5-6-10-13(12)16-14(17-15)11-7-3-2-4-8-11/h2-10H,1H3. The zero-order valence-electron chi connectivity index (χ0n) is 10.00. The average Bonchev–Trinajstić information content (AvgIpc) is 2.47. The summed E-state index contributed by atoms with van der Waals surface area (Å²) < 4.78 is 0. The van der Waals surface area contributed by atoms with Crippen LogP contribution in [0.5, 0.6) is 0 Å². The number of benzene rings is 2. The largest absolute Gasteiger partial charge is 0.228 e. The Kier molecular flexibility index (Phi) is 2.99. The molecule has 1 heterocycles. The number of thioether (sulfide) groups is 1. The molecular formula is C15H12N2S. The second-order valence-corrected chi connectivity index (χ2v) is 4.73. The van der Waals surface area contributed by atoms with Crippen LogP contribution in [0.25, 0.3) is 22.3 Å².